The zero-order chi connectivity index (χ0) is 16.4. The Balaban J connectivity index is 3.98. The molecule has 0 rings (SSSR count). The summed E-state index contributed by atoms with van der Waals surface area (Å²) in [7, 11) is 0. The maximum Gasteiger partial charge on any atom is 0.320 e. The molecule has 0 heterocycles. The van der Waals surface area contributed by atoms with Crippen LogP contribution in [0.4, 0.5) is 0 Å². The Kier molecular flexibility index (Phi) is 10.0. The van der Waals surface area contributed by atoms with E-state index in [4.69, 9.17) is 5.11 Å². The lowest BCUT2D eigenvalue weighted by Crippen LogP contribution is -2.45. The molecule has 5 heteroatoms. The molecular formula is C16H32N2O3. The van der Waals surface area contributed by atoms with Crippen LogP contribution < -0.4 is 10.6 Å². The Bertz CT molecular complexity index is 317. The lowest BCUT2D eigenvalue weighted by Gasteiger charge is -2.18. The number of rotatable bonds is 11. The summed E-state index contributed by atoms with van der Waals surface area (Å²) in [6.07, 6.45) is 3.73. The maximum absolute atomic E-state index is 11.8. The van der Waals surface area contributed by atoms with Crippen LogP contribution in [0.3, 0.4) is 0 Å². The number of amides is 1. The number of carboxylic acids is 1. The van der Waals surface area contributed by atoms with Gasteiger partial charge in [-0.15, -0.1) is 0 Å². The second kappa shape index (κ2) is 10.6. The van der Waals surface area contributed by atoms with Crippen molar-refractivity contribution in [2.75, 3.05) is 6.54 Å². The molecule has 2 unspecified atom stereocenters. The first kappa shape index (κ1) is 19.9. The van der Waals surface area contributed by atoms with Crippen molar-refractivity contribution < 1.29 is 14.7 Å². The molecule has 0 aromatic carbocycles. The van der Waals surface area contributed by atoms with E-state index in [1.54, 1.807) is 0 Å². The molecule has 0 spiro atoms. The summed E-state index contributed by atoms with van der Waals surface area (Å²) in [5, 5.41) is 14.8. The Hall–Kier alpha value is -1.10. The smallest absolute Gasteiger partial charge is 0.320 e. The standard InChI is InChI=1S/C16H32N2O3/c1-11(2)7-6-8-13(5)18-15(19)10-17-14(16(20)21)9-12(3)4/h11-14,17H,6-10H2,1-5H3,(H,18,19)(H,20,21). The van der Waals surface area contributed by atoms with Crippen LogP contribution in [0.5, 0.6) is 0 Å². The number of hydrogen-bond donors (Lipinski definition) is 3. The van der Waals surface area contributed by atoms with E-state index in [1.165, 1.54) is 0 Å². The van der Waals surface area contributed by atoms with Crippen LogP contribution in [-0.4, -0.2) is 35.6 Å². The molecule has 0 radical (unpaired) electrons. The van der Waals surface area contributed by atoms with Gasteiger partial charge in [0.15, 0.2) is 0 Å². The highest BCUT2D eigenvalue weighted by Gasteiger charge is 2.19. The van der Waals surface area contributed by atoms with Gasteiger partial charge in [0.05, 0.1) is 6.54 Å². The van der Waals surface area contributed by atoms with Crippen LogP contribution in [0.25, 0.3) is 0 Å². The molecule has 5 nitrogen and oxygen atoms in total. The van der Waals surface area contributed by atoms with Gasteiger partial charge in [-0.2, -0.15) is 0 Å². The fraction of sp³-hybridized carbons (Fsp3) is 0.875. The molecule has 21 heavy (non-hydrogen) atoms. The molecule has 0 fully saturated rings. The quantitative estimate of drug-likeness (QED) is 0.547. The van der Waals surface area contributed by atoms with Gasteiger partial charge in [-0.05, 0) is 31.6 Å². The molecule has 0 saturated carbocycles. The largest absolute Gasteiger partial charge is 0.480 e. The molecule has 0 aromatic heterocycles. The predicted molar refractivity (Wildman–Crippen MR) is 85.2 cm³/mol. The highest BCUT2D eigenvalue weighted by Crippen LogP contribution is 2.08. The van der Waals surface area contributed by atoms with E-state index in [0.29, 0.717) is 12.3 Å². The Morgan fingerprint density at radius 3 is 2.10 bits per heavy atom. The minimum absolute atomic E-state index is 0.0538. The van der Waals surface area contributed by atoms with E-state index >= 15 is 0 Å². The van der Waals surface area contributed by atoms with Crippen LogP contribution in [0.1, 0.15) is 60.3 Å². The fourth-order valence-corrected chi connectivity index (χ4v) is 2.19. The Labute approximate surface area is 128 Å². The van der Waals surface area contributed by atoms with Crippen molar-refractivity contribution in [1.82, 2.24) is 10.6 Å². The van der Waals surface area contributed by atoms with Crippen LogP contribution in [0.2, 0.25) is 0 Å². The summed E-state index contributed by atoms with van der Waals surface area (Å²) in [4.78, 5) is 22.9. The normalized spacial score (nSPS) is 14.2. The van der Waals surface area contributed by atoms with E-state index in [2.05, 4.69) is 24.5 Å². The molecule has 0 aromatic rings. The van der Waals surface area contributed by atoms with Crippen molar-refractivity contribution in [2.45, 2.75) is 72.4 Å². The van der Waals surface area contributed by atoms with Gasteiger partial charge in [0, 0.05) is 6.04 Å². The topological polar surface area (TPSA) is 78.4 Å². The molecule has 0 bridgehead atoms. The first-order valence-electron chi connectivity index (χ1n) is 7.97. The summed E-state index contributed by atoms with van der Waals surface area (Å²) < 4.78 is 0. The molecular weight excluding hydrogens is 268 g/mol. The summed E-state index contributed by atoms with van der Waals surface area (Å²) in [6.45, 7) is 10.4. The van der Waals surface area contributed by atoms with Crippen LogP contribution in [-0.2, 0) is 9.59 Å². The summed E-state index contributed by atoms with van der Waals surface area (Å²) in [6, 6.07) is -0.529. The first-order chi connectivity index (χ1) is 9.72. The number of hydrogen-bond acceptors (Lipinski definition) is 3. The Morgan fingerprint density at radius 2 is 1.62 bits per heavy atom. The third-order valence-corrected chi connectivity index (χ3v) is 3.34. The van der Waals surface area contributed by atoms with Crippen LogP contribution >= 0.6 is 0 Å². The van der Waals surface area contributed by atoms with Crippen molar-refractivity contribution in [3.8, 4) is 0 Å². The van der Waals surface area contributed by atoms with Crippen molar-refractivity contribution in [2.24, 2.45) is 11.8 Å². The first-order valence-corrected chi connectivity index (χ1v) is 7.97. The molecule has 0 aliphatic rings. The van der Waals surface area contributed by atoms with Crippen molar-refractivity contribution in [3.63, 3.8) is 0 Å². The van der Waals surface area contributed by atoms with Gasteiger partial charge in [-0.1, -0.05) is 40.5 Å². The van der Waals surface area contributed by atoms with Crippen LogP contribution in [0, 0.1) is 11.8 Å². The number of carboxylic acid groups (broad SMARTS) is 1. The van der Waals surface area contributed by atoms with Gasteiger partial charge < -0.3 is 10.4 Å². The monoisotopic (exact) mass is 300 g/mol. The van der Waals surface area contributed by atoms with E-state index in [9.17, 15) is 9.59 Å². The van der Waals surface area contributed by atoms with E-state index < -0.39 is 12.0 Å². The molecule has 2 atom stereocenters. The molecule has 3 N–H and O–H groups in total. The van der Waals surface area contributed by atoms with Gasteiger partial charge in [-0.25, -0.2) is 0 Å². The third kappa shape index (κ3) is 11.3. The zero-order valence-corrected chi connectivity index (χ0v) is 14.1. The fourth-order valence-electron chi connectivity index (χ4n) is 2.19. The molecule has 124 valence electrons. The average molecular weight is 300 g/mol. The van der Waals surface area contributed by atoms with Gasteiger partial charge in [0.1, 0.15) is 6.04 Å². The van der Waals surface area contributed by atoms with E-state index in [1.807, 2.05) is 20.8 Å². The minimum atomic E-state index is -0.901. The highest BCUT2D eigenvalue weighted by molar-refractivity contribution is 5.80. The third-order valence-electron chi connectivity index (χ3n) is 3.34. The Morgan fingerprint density at radius 1 is 1.00 bits per heavy atom. The van der Waals surface area contributed by atoms with Crippen molar-refractivity contribution in [1.29, 1.82) is 0 Å². The summed E-state index contributed by atoms with van der Waals surface area (Å²) in [5.74, 6) is -0.0814. The zero-order valence-electron chi connectivity index (χ0n) is 14.1. The van der Waals surface area contributed by atoms with Gasteiger partial charge in [0.25, 0.3) is 0 Å². The lowest BCUT2D eigenvalue weighted by atomic mass is 10.0. The van der Waals surface area contributed by atoms with Gasteiger partial charge in [0.2, 0.25) is 5.91 Å². The second-order valence-electron chi connectivity index (χ2n) is 6.69. The average Bonchev–Trinajstić information content (AvgIpc) is 2.33. The number of carbonyl (C=O) groups excluding carboxylic acids is 1. The summed E-state index contributed by atoms with van der Waals surface area (Å²) in [5.41, 5.74) is 0. The molecule has 0 aliphatic carbocycles. The molecule has 0 aliphatic heterocycles. The van der Waals surface area contributed by atoms with Crippen molar-refractivity contribution in [3.05, 3.63) is 0 Å². The highest BCUT2D eigenvalue weighted by atomic mass is 16.4. The van der Waals surface area contributed by atoms with E-state index in [-0.39, 0.29) is 24.4 Å². The van der Waals surface area contributed by atoms with Gasteiger partial charge >= 0.3 is 5.97 Å². The number of carbonyl (C=O) groups is 2. The maximum atomic E-state index is 11.8. The SMILES string of the molecule is CC(C)CCCC(C)NC(=O)CNC(CC(C)C)C(=O)O. The minimum Gasteiger partial charge on any atom is -0.480 e. The molecule has 1 amide bonds. The van der Waals surface area contributed by atoms with Gasteiger partial charge in [-0.3, -0.25) is 14.9 Å². The molecule has 0 saturated heterocycles. The van der Waals surface area contributed by atoms with Crippen LogP contribution in [0.15, 0.2) is 0 Å². The van der Waals surface area contributed by atoms with E-state index in [0.717, 1.165) is 19.3 Å². The number of nitrogens with one attached hydrogen (secondary N) is 2. The van der Waals surface area contributed by atoms with Crippen molar-refractivity contribution >= 4 is 11.9 Å². The number of aliphatic carboxylic acids is 1. The second-order valence-corrected chi connectivity index (χ2v) is 6.69. The lowest BCUT2D eigenvalue weighted by molar-refractivity contribution is -0.140. The summed E-state index contributed by atoms with van der Waals surface area (Å²) >= 11 is 0. The predicted octanol–water partition coefficient (Wildman–Crippen LogP) is 2.41.